The topological polar surface area (TPSA) is 117 Å². The highest BCUT2D eigenvalue weighted by Crippen LogP contribution is 2.43. The van der Waals surface area contributed by atoms with Crippen molar-refractivity contribution in [3.8, 4) is 0 Å². The predicted octanol–water partition coefficient (Wildman–Crippen LogP) is 17.2. The largest absolute Gasteiger partial charge is 0.472 e. The van der Waals surface area contributed by atoms with E-state index in [0.717, 1.165) is 64.2 Å². The molecule has 0 aliphatic carbocycles. The van der Waals surface area contributed by atoms with Gasteiger partial charge in [0.25, 0.3) is 0 Å². The molecule has 0 aromatic carbocycles. The molecular weight excluding hydrogens is 842 g/mol. The van der Waals surface area contributed by atoms with Crippen LogP contribution >= 0.6 is 7.82 Å². The summed E-state index contributed by atoms with van der Waals surface area (Å²) in [6.45, 7) is 4.76. The molecule has 0 rings (SSSR count). The quantitative estimate of drug-likeness (QED) is 0.0268. The lowest BCUT2D eigenvalue weighted by Crippen LogP contribution is -2.28. The molecule has 0 aliphatic rings. The van der Waals surface area contributed by atoms with Crippen molar-refractivity contribution in [2.24, 2.45) is 5.73 Å². The van der Waals surface area contributed by atoms with Crippen LogP contribution < -0.4 is 5.73 Å². The van der Waals surface area contributed by atoms with E-state index in [2.05, 4.69) is 98.9 Å². The summed E-state index contributed by atoms with van der Waals surface area (Å²) in [5, 5.41) is 0. The number of phosphoric acid groups is 1. The number of ether oxygens (including phenoxy) is 2. The minimum Gasteiger partial charge on any atom is -0.457 e. The van der Waals surface area contributed by atoms with Gasteiger partial charge in [-0.3, -0.25) is 13.8 Å². The Morgan fingerprint density at radius 2 is 0.848 bits per heavy atom. The van der Waals surface area contributed by atoms with Gasteiger partial charge in [-0.05, 0) is 89.9 Å². The Balaban J connectivity index is 3.98. The SMILES string of the molecule is CC/C=C\C/C=C\C/C=C\C/C=C\C/C=C\C/C=C\CCCCC(=O)OC(COCCCCCCCCCCCCCCCC/C=C\CCCCCCCCCC)COP(=O)(O)OCCN. The number of hydrogen-bond acceptors (Lipinski definition) is 7. The van der Waals surface area contributed by atoms with Crippen molar-refractivity contribution in [3.05, 3.63) is 85.1 Å². The number of carbonyl (C=O) groups is 1. The number of esters is 1. The lowest BCUT2D eigenvalue weighted by atomic mass is 10.0. The Hall–Kier alpha value is -2.32. The number of phosphoric ester groups is 1. The summed E-state index contributed by atoms with van der Waals surface area (Å²) in [6.07, 6.45) is 70.6. The molecule has 0 radical (unpaired) electrons. The van der Waals surface area contributed by atoms with Gasteiger partial charge >= 0.3 is 13.8 Å². The van der Waals surface area contributed by atoms with Crippen LogP contribution in [-0.4, -0.2) is 49.9 Å². The molecule has 0 heterocycles. The maximum absolute atomic E-state index is 12.7. The Bertz CT molecular complexity index is 1290. The van der Waals surface area contributed by atoms with E-state index in [1.807, 2.05) is 0 Å². The molecule has 0 saturated carbocycles. The van der Waals surface area contributed by atoms with Crippen LogP contribution in [0.5, 0.6) is 0 Å². The van der Waals surface area contributed by atoms with Gasteiger partial charge in [0, 0.05) is 19.6 Å². The normalized spacial score (nSPS) is 13.9. The van der Waals surface area contributed by atoms with Crippen molar-refractivity contribution < 1.29 is 32.8 Å². The molecular formula is C57H102NO7P. The highest BCUT2D eigenvalue weighted by molar-refractivity contribution is 7.47. The number of hydrogen-bond donors (Lipinski definition) is 2. The maximum atomic E-state index is 12.7. The Kier molecular flexibility index (Phi) is 51.7. The summed E-state index contributed by atoms with van der Waals surface area (Å²) in [5.74, 6) is -0.372. The van der Waals surface area contributed by atoms with Crippen molar-refractivity contribution in [2.75, 3.05) is 33.0 Å². The number of unbranched alkanes of at least 4 members (excludes halogenated alkanes) is 24. The average molecular weight is 944 g/mol. The molecule has 2 unspecified atom stereocenters. The first kappa shape index (κ1) is 63.7. The highest BCUT2D eigenvalue weighted by atomic mass is 31.2. The Morgan fingerprint density at radius 1 is 0.470 bits per heavy atom. The molecule has 0 spiro atoms. The minimum absolute atomic E-state index is 0.0895. The molecule has 0 aromatic heterocycles. The van der Waals surface area contributed by atoms with E-state index < -0.39 is 13.9 Å². The van der Waals surface area contributed by atoms with E-state index >= 15 is 0 Å². The molecule has 66 heavy (non-hydrogen) atoms. The van der Waals surface area contributed by atoms with Gasteiger partial charge in [-0.25, -0.2) is 4.57 Å². The molecule has 3 N–H and O–H groups in total. The van der Waals surface area contributed by atoms with E-state index in [4.69, 9.17) is 24.3 Å². The molecule has 8 nitrogen and oxygen atoms in total. The van der Waals surface area contributed by atoms with Gasteiger partial charge in [-0.2, -0.15) is 0 Å². The molecule has 0 amide bonds. The molecule has 0 aliphatic heterocycles. The summed E-state index contributed by atoms with van der Waals surface area (Å²) in [5.41, 5.74) is 5.39. The van der Waals surface area contributed by atoms with Gasteiger partial charge in [-0.1, -0.05) is 221 Å². The van der Waals surface area contributed by atoms with Crippen molar-refractivity contribution in [1.82, 2.24) is 0 Å². The Labute approximate surface area is 407 Å². The van der Waals surface area contributed by atoms with Gasteiger partial charge in [0.05, 0.1) is 19.8 Å². The monoisotopic (exact) mass is 944 g/mol. The fourth-order valence-electron chi connectivity index (χ4n) is 7.35. The summed E-state index contributed by atoms with van der Waals surface area (Å²) in [4.78, 5) is 22.6. The first-order valence-electron chi connectivity index (χ1n) is 27.1. The smallest absolute Gasteiger partial charge is 0.457 e. The molecule has 0 fully saturated rings. The van der Waals surface area contributed by atoms with Crippen LogP contribution in [0.3, 0.4) is 0 Å². The van der Waals surface area contributed by atoms with Crippen LogP contribution in [0, 0.1) is 0 Å². The van der Waals surface area contributed by atoms with E-state index in [9.17, 15) is 14.3 Å². The fourth-order valence-corrected chi connectivity index (χ4v) is 8.11. The lowest BCUT2D eigenvalue weighted by Gasteiger charge is -2.20. The van der Waals surface area contributed by atoms with Gasteiger partial charge in [0.2, 0.25) is 0 Å². The van der Waals surface area contributed by atoms with E-state index in [0.29, 0.717) is 13.0 Å². The second kappa shape index (κ2) is 53.6. The summed E-state index contributed by atoms with van der Waals surface area (Å²) >= 11 is 0. The second-order valence-corrected chi connectivity index (χ2v) is 19.2. The molecule has 0 bridgehead atoms. The third kappa shape index (κ3) is 52.6. The molecule has 382 valence electrons. The van der Waals surface area contributed by atoms with E-state index in [1.165, 1.54) is 141 Å². The van der Waals surface area contributed by atoms with Gasteiger partial charge in [-0.15, -0.1) is 0 Å². The van der Waals surface area contributed by atoms with Crippen LogP contribution in [0.2, 0.25) is 0 Å². The molecule has 9 heteroatoms. The predicted molar refractivity (Wildman–Crippen MR) is 284 cm³/mol. The van der Waals surface area contributed by atoms with Crippen molar-refractivity contribution in [3.63, 3.8) is 0 Å². The Morgan fingerprint density at radius 3 is 1.29 bits per heavy atom. The van der Waals surface area contributed by atoms with Crippen LogP contribution in [0.25, 0.3) is 0 Å². The molecule has 0 aromatic rings. The number of carbonyl (C=O) groups excluding carboxylic acids is 1. The lowest BCUT2D eigenvalue weighted by molar-refractivity contribution is -0.154. The fraction of sp³-hybridized carbons (Fsp3) is 0.737. The van der Waals surface area contributed by atoms with E-state index in [1.54, 1.807) is 0 Å². The van der Waals surface area contributed by atoms with Crippen LogP contribution in [0.4, 0.5) is 0 Å². The van der Waals surface area contributed by atoms with Gasteiger partial charge < -0.3 is 20.1 Å². The molecule has 0 saturated heterocycles. The van der Waals surface area contributed by atoms with E-state index in [-0.39, 0.29) is 38.8 Å². The van der Waals surface area contributed by atoms with Crippen molar-refractivity contribution in [1.29, 1.82) is 0 Å². The van der Waals surface area contributed by atoms with Crippen molar-refractivity contribution >= 4 is 13.8 Å². The number of allylic oxidation sites excluding steroid dienone is 14. The zero-order chi connectivity index (χ0) is 48.0. The maximum Gasteiger partial charge on any atom is 0.472 e. The zero-order valence-electron chi connectivity index (χ0n) is 42.7. The molecule has 2 atom stereocenters. The average Bonchev–Trinajstić information content (AvgIpc) is 3.31. The third-order valence-electron chi connectivity index (χ3n) is 11.3. The third-order valence-corrected chi connectivity index (χ3v) is 12.3. The summed E-state index contributed by atoms with van der Waals surface area (Å²) in [7, 11) is -4.30. The minimum atomic E-state index is -4.30. The first-order valence-corrected chi connectivity index (χ1v) is 28.6. The summed E-state index contributed by atoms with van der Waals surface area (Å²) in [6, 6.07) is 0. The van der Waals surface area contributed by atoms with Crippen LogP contribution in [0.15, 0.2) is 85.1 Å². The first-order chi connectivity index (χ1) is 32.4. The van der Waals surface area contributed by atoms with Gasteiger partial charge in [0.15, 0.2) is 0 Å². The van der Waals surface area contributed by atoms with Crippen LogP contribution in [-0.2, 0) is 27.9 Å². The standard InChI is InChI=1S/C57H102NO7P/c1-3-5-7-9-11-13-15-17-19-21-23-25-26-27-28-29-31-33-35-37-39-41-43-45-47-49-52-62-54-56(55-64-66(60,61)63-53-51-58)65-57(59)50-48-46-44-42-40-38-36-34-32-30-24-22-20-18-16-14-12-10-8-6-4-2/h6,8,12,14,18,20-21,23-24,30,34,36,40,42,56H,3-5,7,9-11,13,15-17,19,22,25-29,31-33,35,37-39,41,43-55,58H2,1-2H3,(H,60,61)/b8-6-,14-12-,20-18-,23-21-,30-24-,36-34-,42-40-. The number of rotatable bonds is 51. The zero-order valence-corrected chi connectivity index (χ0v) is 43.6. The second-order valence-electron chi connectivity index (χ2n) is 17.7. The van der Waals surface area contributed by atoms with Crippen molar-refractivity contribution in [2.45, 2.75) is 238 Å². The van der Waals surface area contributed by atoms with Gasteiger partial charge in [0.1, 0.15) is 6.10 Å². The number of nitrogens with two attached hydrogens (primary N) is 1. The van der Waals surface area contributed by atoms with Crippen LogP contribution in [0.1, 0.15) is 232 Å². The summed E-state index contributed by atoms with van der Waals surface area (Å²) < 4.78 is 33.6. The highest BCUT2D eigenvalue weighted by Gasteiger charge is 2.25.